The molecule has 0 aliphatic carbocycles. The molecule has 0 bridgehead atoms. The molecule has 0 aliphatic rings. The average molecular weight is 369 g/mol. The minimum absolute atomic E-state index is 0.0334. The van der Waals surface area contributed by atoms with Gasteiger partial charge in [0.15, 0.2) is 0 Å². The Balaban J connectivity index is 2.43. The van der Waals surface area contributed by atoms with Crippen molar-refractivity contribution < 1.29 is 4.79 Å². The second kappa shape index (κ2) is 6.42. The highest BCUT2D eigenvalue weighted by molar-refractivity contribution is 6.56. The lowest BCUT2D eigenvalue weighted by Gasteiger charge is -2.13. The second-order valence-corrected chi connectivity index (χ2v) is 5.65. The zero-order chi connectivity index (χ0) is 14.9. The molecule has 7 heteroatoms. The maximum absolute atomic E-state index is 12.1. The van der Waals surface area contributed by atoms with Crippen molar-refractivity contribution in [3.05, 3.63) is 61.0 Å². The summed E-state index contributed by atoms with van der Waals surface area (Å²) in [6.07, 6.45) is 0. The first-order valence-electron chi connectivity index (χ1n) is 5.31. The van der Waals surface area contributed by atoms with Crippen LogP contribution in [-0.4, -0.2) is 5.91 Å². The second-order valence-electron chi connectivity index (χ2n) is 3.77. The number of nitrogens with one attached hydrogen (secondary N) is 1. The molecule has 1 amide bonds. The summed E-state index contributed by atoms with van der Waals surface area (Å²) in [4.78, 5) is 12.1. The van der Waals surface area contributed by atoms with E-state index in [1.807, 2.05) is 0 Å². The quantitative estimate of drug-likeness (QED) is 0.495. The summed E-state index contributed by atoms with van der Waals surface area (Å²) >= 11 is 29.8. The molecule has 0 saturated heterocycles. The number of carbonyl (C=O) groups excluding carboxylic acids is 1. The van der Waals surface area contributed by atoms with E-state index in [1.165, 1.54) is 0 Å². The normalized spacial score (nSPS) is 10.4. The van der Waals surface area contributed by atoms with Crippen molar-refractivity contribution in [1.82, 2.24) is 0 Å². The summed E-state index contributed by atoms with van der Waals surface area (Å²) in [5, 5.41) is 2.76. The van der Waals surface area contributed by atoms with E-state index < -0.39 is 0 Å². The van der Waals surface area contributed by atoms with Crippen molar-refractivity contribution in [2.24, 2.45) is 0 Å². The maximum Gasteiger partial charge on any atom is 0.255 e. The summed E-state index contributed by atoms with van der Waals surface area (Å²) < 4.78 is 0. The van der Waals surface area contributed by atoms with Gasteiger partial charge in [0.25, 0.3) is 5.91 Å². The number of rotatable bonds is 2. The maximum atomic E-state index is 12.1. The van der Waals surface area contributed by atoms with Crippen molar-refractivity contribution in [3.63, 3.8) is 0 Å². The third-order valence-corrected chi connectivity index (χ3v) is 4.76. The summed E-state index contributed by atoms with van der Waals surface area (Å²) in [5.41, 5.74) is 0.573. The van der Waals surface area contributed by atoms with Gasteiger partial charge in [-0.25, -0.2) is 0 Å². The molecule has 104 valence electrons. The summed E-state index contributed by atoms with van der Waals surface area (Å²) in [6, 6.07) is 8.57. The van der Waals surface area contributed by atoms with Crippen LogP contribution in [-0.2, 0) is 0 Å². The molecule has 0 unspecified atom stereocenters. The number of halogens is 5. The van der Waals surface area contributed by atoms with E-state index in [1.54, 1.807) is 30.3 Å². The van der Waals surface area contributed by atoms with Crippen LogP contribution in [0.5, 0.6) is 0 Å². The molecule has 0 heterocycles. The Hall–Kier alpha value is -0.640. The predicted molar refractivity (Wildman–Crippen MR) is 85.9 cm³/mol. The number of amides is 1. The van der Waals surface area contributed by atoms with Gasteiger partial charge in [0.2, 0.25) is 0 Å². The highest BCUT2D eigenvalue weighted by Crippen LogP contribution is 2.46. The standard InChI is InChI=1S/C13H6Cl5NO/c14-7-8(15)10(17)12(11(18)9(7)16)19-13(20)6-4-2-1-3-5-6/h1-5H,(H,19,20). The van der Waals surface area contributed by atoms with Crippen LogP contribution >= 0.6 is 58.0 Å². The molecule has 2 nitrogen and oxygen atoms in total. The van der Waals surface area contributed by atoms with E-state index in [4.69, 9.17) is 58.0 Å². The van der Waals surface area contributed by atoms with Gasteiger partial charge in [-0.1, -0.05) is 76.2 Å². The molecule has 0 aromatic heterocycles. The minimum Gasteiger partial charge on any atom is -0.319 e. The Morgan fingerprint density at radius 1 is 0.750 bits per heavy atom. The van der Waals surface area contributed by atoms with Crippen LogP contribution in [0.1, 0.15) is 10.4 Å². The first-order valence-corrected chi connectivity index (χ1v) is 7.20. The Morgan fingerprint density at radius 2 is 1.20 bits per heavy atom. The molecule has 0 saturated carbocycles. The van der Waals surface area contributed by atoms with Gasteiger partial charge >= 0.3 is 0 Å². The van der Waals surface area contributed by atoms with Crippen molar-refractivity contribution in [2.75, 3.05) is 5.32 Å². The number of benzene rings is 2. The van der Waals surface area contributed by atoms with Crippen molar-refractivity contribution >= 4 is 69.6 Å². The van der Waals surface area contributed by atoms with Crippen molar-refractivity contribution in [3.8, 4) is 0 Å². The van der Waals surface area contributed by atoms with Crippen LogP contribution in [0, 0.1) is 0 Å². The smallest absolute Gasteiger partial charge is 0.255 e. The lowest BCUT2D eigenvalue weighted by molar-refractivity contribution is 0.102. The topological polar surface area (TPSA) is 29.1 Å². The highest BCUT2D eigenvalue weighted by Gasteiger charge is 2.21. The molecule has 1 N–H and O–H groups in total. The third-order valence-electron chi connectivity index (χ3n) is 2.48. The van der Waals surface area contributed by atoms with E-state index in [0.29, 0.717) is 5.56 Å². The fourth-order valence-electron chi connectivity index (χ4n) is 1.49. The van der Waals surface area contributed by atoms with E-state index >= 15 is 0 Å². The van der Waals surface area contributed by atoms with Gasteiger partial charge in [0.1, 0.15) is 0 Å². The summed E-state index contributed by atoms with van der Waals surface area (Å²) in [5.74, 6) is -0.385. The van der Waals surface area contributed by atoms with Crippen LogP contribution < -0.4 is 5.32 Å². The predicted octanol–water partition coefficient (Wildman–Crippen LogP) is 6.21. The molecule has 0 radical (unpaired) electrons. The van der Waals surface area contributed by atoms with Crippen LogP contribution in [0.25, 0.3) is 0 Å². The largest absolute Gasteiger partial charge is 0.319 e. The Kier molecular flexibility index (Phi) is 5.05. The Morgan fingerprint density at radius 3 is 1.70 bits per heavy atom. The van der Waals surface area contributed by atoms with Crippen LogP contribution in [0.15, 0.2) is 30.3 Å². The van der Waals surface area contributed by atoms with Crippen molar-refractivity contribution in [1.29, 1.82) is 0 Å². The molecule has 0 aliphatic heterocycles. The Labute approximate surface area is 140 Å². The fraction of sp³-hybridized carbons (Fsp3) is 0. The summed E-state index contributed by atoms with van der Waals surface area (Å²) in [6.45, 7) is 0. The molecule has 2 aromatic carbocycles. The van der Waals surface area contributed by atoms with Gasteiger partial charge in [0, 0.05) is 5.56 Å². The van der Waals surface area contributed by atoms with Gasteiger partial charge in [-0.2, -0.15) is 0 Å². The van der Waals surface area contributed by atoms with Crippen molar-refractivity contribution in [2.45, 2.75) is 0 Å². The van der Waals surface area contributed by atoms with Crippen LogP contribution in [0.4, 0.5) is 5.69 Å². The van der Waals surface area contributed by atoms with Gasteiger partial charge < -0.3 is 5.32 Å². The number of hydrogen-bond acceptors (Lipinski definition) is 1. The highest BCUT2D eigenvalue weighted by atomic mass is 35.5. The molecule has 0 spiro atoms. The first kappa shape index (κ1) is 15.7. The lowest BCUT2D eigenvalue weighted by atomic mass is 10.2. The zero-order valence-electron chi connectivity index (χ0n) is 9.68. The van der Waals surface area contributed by atoms with Crippen LogP contribution in [0.2, 0.25) is 25.1 Å². The van der Waals surface area contributed by atoms with Crippen LogP contribution in [0.3, 0.4) is 0 Å². The molecule has 2 aromatic rings. The van der Waals surface area contributed by atoms with Gasteiger partial charge in [-0.3, -0.25) is 4.79 Å². The zero-order valence-corrected chi connectivity index (χ0v) is 13.5. The lowest BCUT2D eigenvalue weighted by Crippen LogP contribution is -2.12. The monoisotopic (exact) mass is 367 g/mol. The van der Waals surface area contributed by atoms with E-state index in [0.717, 1.165) is 0 Å². The third kappa shape index (κ3) is 3.00. The van der Waals surface area contributed by atoms with E-state index in [-0.39, 0.29) is 36.7 Å². The molecule has 2 rings (SSSR count). The molecule has 0 fully saturated rings. The SMILES string of the molecule is O=C(Nc1c(Cl)c(Cl)c(Cl)c(Cl)c1Cl)c1ccccc1. The van der Waals surface area contributed by atoms with E-state index in [9.17, 15) is 4.79 Å². The van der Waals surface area contributed by atoms with Gasteiger partial charge in [0.05, 0.1) is 30.8 Å². The molecule has 20 heavy (non-hydrogen) atoms. The van der Waals surface area contributed by atoms with Gasteiger partial charge in [-0.15, -0.1) is 0 Å². The van der Waals surface area contributed by atoms with E-state index in [2.05, 4.69) is 5.32 Å². The first-order chi connectivity index (χ1) is 9.43. The van der Waals surface area contributed by atoms with Gasteiger partial charge in [-0.05, 0) is 12.1 Å². The minimum atomic E-state index is -0.385. The molecular weight excluding hydrogens is 363 g/mol. The fourth-order valence-corrected chi connectivity index (χ4v) is 2.72. The number of hydrogen-bond donors (Lipinski definition) is 1. The Bertz CT molecular complexity index is 643. The average Bonchev–Trinajstić information content (AvgIpc) is 2.48. The molecule has 0 atom stereocenters. The number of carbonyl (C=O) groups is 1. The summed E-state index contributed by atoms with van der Waals surface area (Å²) in [7, 11) is 0. The number of anilines is 1. The molecular formula is C13H6Cl5NO.